The maximum absolute atomic E-state index is 13.0. The predicted molar refractivity (Wildman–Crippen MR) is 97.7 cm³/mol. The number of carboxylic acid groups (broad SMARTS) is 1. The number of carbonyl (C=O) groups excluding carboxylic acids is 2. The standard InChI is InChI=1S/C20H25FN2O5/c1-13(24)22-8-6-15(7-9-22)19(25)23-11-17(10-18(23)20(26)27)28-12-14-2-4-16(21)5-3-14/h2-5,15,17-18H,6-12H2,1H3,(H,26,27)/t17-,18+/m1/s1. The minimum Gasteiger partial charge on any atom is -0.480 e. The molecule has 2 saturated heterocycles. The van der Waals surface area contributed by atoms with E-state index in [1.54, 1.807) is 17.0 Å². The first-order valence-electron chi connectivity index (χ1n) is 9.50. The molecule has 0 radical (unpaired) electrons. The van der Waals surface area contributed by atoms with Gasteiger partial charge in [-0.25, -0.2) is 9.18 Å². The molecule has 0 unspecified atom stereocenters. The number of nitrogens with zero attached hydrogens (tertiary/aromatic N) is 2. The molecule has 1 N–H and O–H groups in total. The van der Waals surface area contributed by atoms with E-state index in [0.29, 0.717) is 25.9 Å². The smallest absolute Gasteiger partial charge is 0.326 e. The van der Waals surface area contributed by atoms with Crippen LogP contribution in [0.5, 0.6) is 0 Å². The number of benzene rings is 1. The second kappa shape index (κ2) is 8.68. The fourth-order valence-corrected chi connectivity index (χ4v) is 3.87. The number of carboxylic acids is 1. The quantitative estimate of drug-likeness (QED) is 0.824. The zero-order chi connectivity index (χ0) is 20.3. The summed E-state index contributed by atoms with van der Waals surface area (Å²) in [5, 5.41) is 9.54. The van der Waals surface area contributed by atoms with E-state index in [1.165, 1.54) is 24.0 Å². The molecule has 8 heteroatoms. The van der Waals surface area contributed by atoms with Gasteiger partial charge in [-0.3, -0.25) is 9.59 Å². The Kier molecular flexibility index (Phi) is 6.28. The van der Waals surface area contributed by atoms with Crippen molar-refractivity contribution in [3.05, 3.63) is 35.6 Å². The Bertz CT molecular complexity index is 731. The first-order chi connectivity index (χ1) is 13.3. The molecular formula is C20H25FN2O5. The Morgan fingerprint density at radius 3 is 2.39 bits per heavy atom. The SMILES string of the molecule is CC(=O)N1CCC(C(=O)N2C[C@H](OCc3ccc(F)cc3)C[C@H]2C(=O)O)CC1. The summed E-state index contributed by atoms with van der Waals surface area (Å²) < 4.78 is 18.8. The number of likely N-dealkylation sites (tertiary alicyclic amines) is 2. The number of piperidine rings is 1. The van der Waals surface area contributed by atoms with E-state index in [9.17, 15) is 23.9 Å². The lowest BCUT2D eigenvalue weighted by molar-refractivity contribution is -0.151. The third kappa shape index (κ3) is 4.67. The summed E-state index contributed by atoms with van der Waals surface area (Å²) in [6, 6.07) is 5.01. The topological polar surface area (TPSA) is 87.2 Å². The van der Waals surface area contributed by atoms with Crippen molar-refractivity contribution in [2.24, 2.45) is 5.92 Å². The van der Waals surface area contributed by atoms with Crippen molar-refractivity contribution in [3.63, 3.8) is 0 Å². The van der Waals surface area contributed by atoms with Gasteiger partial charge in [-0.15, -0.1) is 0 Å². The molecule has 2 atom stereocenters. The van der Waals surface area contributed by atoms with Crippen molar-refractivity contribution in [1.29, 1.82) is 0 Å². The van der Waals surface area contributed by atoms with Gasteiger partial charge < -0.3 is 19.6 Å². The molecule has 7 nitrogen and oxygen atoms in total. The van der Waals surface area contributed by atoms with E-state index in [2.05, 4.69) is 0 Å². The van der Waals surface area contributed by atoms with Crippen molar-refractivity contribution in [3.8, 4) is 0 Å². The van der Waals surface area contributed by atoms with Crippen LogP contribution in [0.1, 0.15) is 31.7 Å². The van der Waals surface area contributed by atoms with Crippen LogP contribution >= 0.6 is 0 Å². The number of amides is 2. The number of rotatable bonds is 5. The molecule has 152 valence electrons. The van der Waals surface area contributed by atoms with E-state index in [4.69, 9.17) is 4.74 Å². The van der Waals surface area contributed by atoms with Gasteiger partial charge in [-0.05, 0) is 30.5 Å². The van der Waals surface area contributed by atoms with Crippen LogP contribution in [0.2, 0.25) is 0 Å². The van der Waals surface area contributed by atoms with Gasteiger partial charge in [0.15, 0.2) is 0 Å². The summed E-state index contributed by atoms with van der Waals surface area (Å²) in [5.74, 6) is -1.83. The molecule has 0 aromatic heterocycles. The summed E-state index contributed by atoms with van der Waals surface area (Å²) in [6.07, 6.45) is 0.937. The highest BCUT2D eigenvalue weighted by Crippen LogP contribution is 2.27. The highest BCUT2D eigenvalue weighted by molar-refractivity contribution is 5.86. The van der Waals surface area contributed by atoms with Gasteiger partial charge in [0.1, 0.15) is 11.9 Å². The fraction of sp³-hybridized carbons (Fsp3) is 0.550. The molecule has 2 fully saturated rings. The van der Waals surface area contributed by atoms with Crippen molar-refractivity contribution in [1.82, 2.24) is 9.80 Å². The van der Waals surface area contributed by atoms with Gasteiger partial charge in [0.2, 0.25) is 11.8 Å². The molecule has 0 saturated carbocycles. The predicted octanol–water partition coefficient (Wildman–Crippen LogP) is 1.65. The van der Waals surface area contributed by atoms with Crippen molar-refractivity contribution in [2.75, 3.05) is 19.6 Å². The monoisotopic (exact) mass is 392 g/mol. The van der Waals surface area contributed by atoms with Crippen LogP contribution in [-0.2, 0) is 25.7 Å². The zero-order valence-corrected chi connectivity index (χ0v) is 15.8. The van der Waals surface area contributed by atoms with Gasteiger partial charge in [-0.2, -0.15) is 0 Å². The Morgan fingerprint density at radius 1 is 1.18 bits per heavy atom. The molecular weight excluding hydrogens is 367 g/mol. The lowest BCUT2D eigenvalue weighted by atomic mass is 9.95. The number of ether oxygens (including phenoxy) is 1. The highest BCUT2D eigenvalue weighted by atomic mass is 19.1. The number of hydrogen-bond acceptors (Lipinski definition) is 4. The highest BCUT2D eigenvalue weighted by Gasteiger charge is 2.42. The van der Waals surface area contributed by atoms with E-state index >= 15 is 0 Å². The minimum absolute atomic E-state index is 0.00950. The number of carbonyl (C=O) groups is 3. The second-order valence-corrected chi connectivity index (χ2v) is 7.42. The van der Waals surface area contributed by atoms with E-state index in [1.807, 2.05) is 0 Å². The van der Waals surface area contributed by atoms with Crippen molar-refractivity contribution >= 4 is 17.8 Å². The summed E-state index contributed by atoms with van der Waals surface area (Å²) in [5.41, 5.74) is 0.787. The molecule has 0 aliphatic carbocycles. The Labute approximate surface area is 163 Å². The van der Waals surface area contributed by atoms with E-state index < -0.39 is 12.0 Å². The molecule has 2 amide bonds. The van der Waals surface area contributed by atoms with Gasteiger partial charge in [0.05, 0.1) is 12.7 Å². The van der Waals surface area contributed by atoms with Crippen LogP contribution in [0.15, 0.2) is 24.3 Å². The van der Waals surface area contributed by atoms with Crippen LogP contribution in [0.4, 0.5) is 4.39 Å². The summed E-state index contributed by atoms with van der Waals surface area (Å²) >= 11 is 0. The zero-order valence-electron chi connectivity index (χ0n) is 15.8. The van der Waals surface area contributed by atoms with Gasteiger partial charge in [0, 0.05) is 38.9 Å². The number of hydrogen-bond donors (Lipinski definition) is 1. The van der Waals surface area contributed by atoms with Crippen LogP contribution in [0.25, 0.3) is 0 Å². The fourth-order valence-electron chi connectivity index (χ4n) is 3.87. The van der Waals surface area contributed by atoms with Crippen molar-refractivity contribution in [2.45, 2.75) is 44.9 Å². The van der Waals surface area contributed by atoms with E-state index in [-0.39, 0.29) is 49.2 Å². The average Bonchev–Trinajstić information content (AvgIpc) is 3.12. The van der Waals surface area contributed by atoms with E-state index in [0.717, 1.165) is 5.56 Å². The first-order valence-corrected chi connectivity index (χ1v) is 9.50. The third-order valence-electron chi connectivity index (χ3n) is 5.52. The molecule has 0 bridgehead atoms. The maximum Gasteiger partial charge on any atom is 0.326 e. The molecule has 1 aromatic carbocycles. The molecule has 2 aliphatic heterocycles. The van der Waals surface area contributed by atoms with Gasteiger partial charge >= 0.3 is 5.97 Å². The summed E-state index contributed by atoms with van der Waals surface area (Å²) in [6.45, 7) is 3.00. The summed E-state index contributed by atoms with van der Waals surface area (Å²) in [4.78, 5) is 39.1. The Balaban J connectivity index is 1.58. The Morgan fingerprint density at radius 2 is 1.82 bits per heavy atom. The first kappa shape index (κ1) is 20.3. The lowest BCUT2D eigenvalue weighted by Crippen LogP contribution is -2.47. The number of halogens is 1. The van der Waals surface area contributed by atoms with Crippen LogP contribution < -0.4 is 0 Å². The van der Waals surface area contributed by atoms with Gasteiger partial charge in [-0.1, -0.05) is 12.1 Å². The largest absolute Gasteiger partial charge is 0.480 e. The normalized spacial score (nSPS) is 23.1. The van der Waals surface area contributed by atoms with Crippen molar-refractivity contribution < 1.29 is 28.6 Å². The molecule has 0 spiro atoms. The molecule has 3 rings (SSSR count). The van der Waals surface area contributed by atoms with Crippen LogP contribution in [0, 0.1) is 11.7 Å². The minimum atomic E-state index is -1.04. The third-order valence-corrected chi connectivity index (χ3v) is 5.52. The molecule has 1 aromatic rings. The summed E-state index contributed by atoms with van der Waals surface area (Å²) in [7, 11) is 0. The van der Waals surface area contributed by atoms with Gasteiger partial charge in [0.25, 0.3) is 0 Å². The second-order valence-electron chi connectivity index (χ2n) is 7.42. The molecule has 2 heterocycles. The van der Waals surface area contributed by atoms with Crippen LogP contribution in [0.3, 0.4) is 0 Å². The lowest BCUT2D eigenvalue weighted by Gasteiger charge is -2.33. The van der Waals surface area contributed by atoms with Crippen LogP contribution in [-0.4, -0.2) is 64.5 Å². The molecule has 28 heavy (non-hydrogen) atoms. The Hall–Kier alpha value is -2.48. The average molecular weight is 392 g/mol. The number of aliphatic carboxylic acids is 1. The molecule has 2 aliphatic rings. The maximum atomic E-state index is 13.0.